The molecular weight excluding hydrogens is 192 g/mol. The maximum atomic E-state index is 11.9. The molecule has 0 unspecified atom stereocenters. The third-order valence-electron chi connectivity index (χ3n) is 2.37. The van der Waals surface area contributed by atoms with E-state index < -0.39 is 0 Å². The number of hydrogen-bond acceptors (Lipinski definition) is 2. The van der Waals surface area contributed by atoms with Gasteiger partial charge in [-0.15, -0.1) is 0 Å². The molecule has 0 aromatic carbocycles. The smallest absolute Gasteiger partial charge is 0.298 e. The lowest BCUT2D eigenvalue weighted by atomic mass is 10.3. The minimum absolute atomic E-state index is 0.0832. The van der Waals surface area contributed by atoms with Gasteiger partial charge in [-0.2, -0.15) is 0 Å². The van der Waals surface area contributed by atoms with Crippen LogP contribution in [0.15, 0.2) is 15.8 Å². The van der Waals surface area contributed by atoms with Gasteiger partial charge in [0.15, 0.2) is 0 Å². The molecule has 4 heteroatoms. The number of rotatable bonds is 3. The summed E-state index contributed by atoms with van der Waals surface area (Å²) >= 11 is 0. The van der Waals surface area contributed by atoms with Gasteiger partial charge in [-0.1, -0.05) is 6.92 Å². The number of aryl methyl sites for hydroxylation is 1. The fraction of sp³-hybridized carbons (Fsp3) is 0.636. The zero-order chi connectivity index (χ0) is 11.6. The maximum absolute atomic E-state index is 11.9. The number of hydrogen-bond donors (Lipinski definition) is 0. The van der Waals surface area contributed by atoms with Crippen molar-refractivity contribution in [2.24, 2.45) is 0 Å². The maximum Gasteiger partial charge on any atom is 0.331 e. The minimum Gasteiger partial charge on any atom is -0.298 e. The SMILES string of the molecule is CCCn1c(=O)c(C)cn(C(C)C)c1=O. The molecule has 0 atom stereocenters. The molecule has 84 valence electrons. The van der Waals surface area contributed by atoms with Crippen LogP contribution < -0.4 is 11.2 Å². The Hall–Kier alpha value is -1.32. The summed E-state index contributed by atoms with van der Waals surface area (Å²) in [6.45, 7) is 8.05. The first-order chi connectivity index (χ1) is 6.99. The average molecular weight is 210 g/mol. The predicted molar refractivity (Wildman–Crippen MR) is 60.4 cm³/mol. The van der Waals surface area contributed by atoms with Crippen molar-refractivity contribution in [2.45, 2.75) is 46.7 Å². The van der Waals surface area contributed by atoms with Gasteiger partial charge >= 0.3 is 5.69 Å². The molecule has 0 aliphatic rings. The van der Waals surface area contributed by atoms with E-state index in [1.807, 2.05) is 20.8 Å². The molecule has 15 heavy (non-hydrogen) atoms. The van der Waals surface area contributed by atoms with E-state index in [2.05, 4.69) is 0 Å². The summed E-state index contributed by atoms with van der Waals surface area (Å²) in [5, 5.41) is 0. The van der Waals surface area contributed by atoms with Crippen LogP contribution in [0.5, 0.6) is 0 Å². The van der Waals surface area contributed by atoms with Crippen molar-refractivity contribution in [2.75, 3.05) is 0 Å². The van der Waals surface area contributed by atoms with Crippen molar-refractivity contribution in [3.05, 3.63) is 32.6 Å². The summed E-state index contributed by atoms with van der Waals surface area (Å²) in [5.74, 6) is 0. The summed E-state index contributed by atoms with van der Waals surface area (Å²) in [4.78, 5) is 23.6. The second kappa shape index (κ2) is 4.47. The molecule has 0 spiro atoms. The Morgan fingerprint density at radius 1 is 1.33 bits per heavy atom. The molecule has 0 fully saturated rings. The Morgan fingerprint density at radius 3 is 2.40 bits per heavy atom. The molecule has 0 aliphatic carbocycles. The Balaban J connectivity index is 3.49. The molecule has 4 nitrogen and oxygen atoms in total. The van der Waals surface area contributed by atoms with Crippen LogP contribution in [-0.2, 0) is 6.54 Å². The first-order valence-electron chi connectivity index (χ1n) is 5.31. The van der Waals surface area contributed by atoms with Gasteiger partial charge < -0.3 is 0 Å². The highest BCUT2D eigenvalue weighted by Crippen LogP contribution is 1.99. The van der Waals surface area contributed by atoms with Gasteiger partial charge in [0.05, 0.1) is 0 Å². The molecule has 0 saturated heterocycles. The van der Waals surface area contributed by atoms with Gasteiger partial charge in [-0.25, -0.2) is 4.79 Å². The van der Waals surface area contributed by atoms with Crippen LogP contribution in [0, 0.1) is 6.92 Å². The first kappa shape index (κ1) is 11.8. The van der Waals surface area contributed by atoms with Crippen LogP contribution in [-0.4, -0.2) is 9.13 Å². The van der Waals surface area contributed by atoms with Crippen LogP contribution in [0.2, 0.25) is 0 Å². The molecule has 0 N–H and O–H groups in total. The predicted octanol–water partition coefficient (Wildman–Crippen LogP) is 1.31. The van der Waals surface area contributed by atoms with Crippen LogP contribution in [0.4, 0.5) is 0 Å². The highest BCUT2D eigenvalue weighted by atomic mass is 16.2. The van der Waals surface area contributed by atoms with Gasteiger partial charge in [0.1, 0.15) is 0 Å². The van der Waals surface area contributed by atoms with Crippen LogP contribution in [0.1, 0.15) is 38.8 Å². The molecule has 0 saturated carbocycles. The topological polar surface area (TPSA) is 44.0 Å². The molecular formula is C11H18N2O2. The minimum atomic E-state index is -0.206. The monoisotopic (exact) mass is 210 g/mol. The van der Waals surface area contributed by atoms with Crippen molar-refractivity contribution >= 4 is 0 Å². The van der Waals surface area contributed by atoms with Crippen molar-refractivity contribution < 1.29 is 0 Å². The van der Waals surface area contributed by atoms with E-state index in [0.29, 0.717) is 12.1 Å². The Morgan fingerprint density at radius 2 is 1.93 bits per heavy atom. The van der Waals surface area contributed by atoms with Crippen molar-refractivity contribution in [1.29, 1.82) is 0 Å². The molecule has 1 aromatic rings. The summed E-state index contributed by atoms with van der Waals surface area (Å²) in [6.07, 6.45) is 2.43. The van der Waals surface area contributed by atoms with E-state index in [1.54, 1.807) is 17.7 Å². The van der Waals surface area contributed by atoms with Gasteiger partial charge in [-0.05, 0) is 27.2 Å². The molecule has 1 aromatic heterocycles. The third-order valence-corrected chi connectivity index (χ3v) is 2.37. The lowest BCUT2D eigenvalue weighted by molar-refractivity contribution is 0.499. The zero-order valence-electron chi connectivity index (χ0n) is 9.78. The molecule has 0 radical (unpaired) electrons. The second-order valence-corrected chi connectivity index (χ2v) is 4.05. The average Bonchev–Trinajstić information content (AvgIpc) is 2.18. The summed E-state index contributed by atoms with van der Waals surface area (Å²) in [6, 6.07) is 0.0832. The summed E-state index contributed by atoms with van der Waals surface area (Å²) < 4.78 is 2.92. The molecule has 0 bridgehead atoms. The molecule has 1 rings (SSSR count). The van der Waals surface area contributed by atoms with E-state index in [-0.39, 0.29) is 17.3 Å². The molecule has 0 aliphatic heterocycles. The first-order valence-corrected chi connectivity index (χ1v) is 5.31. The Bertz CT molecular complexity index is 455. The molecule has 1 heterocycles. The molecule has 0 amide bonds. The summed E-state index contributed by atoms with van der Waals surface area (Å²) in [5.41, 5.74) is 0.248. The number of aromatic nitrogens is 2. The van der Waals surface area contributed by atoms with Crippen molar-refractivity contribution in [3.8, 4) is 0 Å². The van der Waals surface area contributed by atoms with E-state index in [1.165, 1.54) is 4.57 Å². The van der Waals surface area contributed by atoms with E-state index in [4.69, 9.17) is 0 Å². The van der Waals surface area contributed by atoms with Gasteiger partial charge in [0.25, 0.3) is 5.56 Å². The van der Waals surface area contributed by atoms with Gasteiger partial charge in [-0.3, -0.25) is 13.9 Å². The second-order valence-electron chi connectivity index (χ2n) is 4.05. The van der Waals surface area contributed by atoms with Gasteiger partial charge in [0.2, 0.25) is 0 Å². The Labute approximate surface area is 89.2 Å². The fourth-order valence-electron chi connectivity index (χ4n) is 1.55. The van der Waals surface area contributed by atoms with Crippen molar-refractivity contribution in [1.82, 2.24) is 9.13 Å². The normalized spacial score (nSPS) is 11.0. The van der Waals surface area contributed by atoms with E-state index in [0.717, 1.165) is 6.42 Å². The summed E-state index contributed by atoms with van der Waals surface area (Å²) in [7, 11) is 0. The zero-order valence-corrected chi connectivity index (χ0v) is 9.78. The van der Waals surface area contributed by atoms with Crippen molar-refractivity contribution in [3.63, 3.8) is 0 Å². The fourth-order valence-corrected chi connectivity index (χ4v) is 1.55. The number of nitrogens with zero attached hydrogens (tertiary/aromatic N) is 2. The highest BCUT2D eigenvalue weighted by molar-refractivity contribution is 5.03. The van der Waals surface area contributed by atoms with E-state index >= 15 is 0 Å². The van der Waals surface area contributed by atoms with Crippen LogP contribution >= 0.6 is 0 Å². The lowest BCUT2D eigenvalue weighted by Crippen LogP contribution is -2.41. The standard InChI is InChI=1S/C11H18N2O2/c1-5-6-12-10(14)9(4)7-13(8(2)3)11(12)15/h7-8H,5-6H2,1-4H3. The van der Waals surface area contributed by atoms with Crippen LogP contribution in [0.25, 0.3) is 0 Å². The highest BCUT2D eigenvalue weighted by Gasteiger charge is 2.09. The quantitative estimate of drug-likeness (QED) is 0.755. The Kier molecular flexibility index (Phi) is 3.50. The lowest BCUT2D eigenvalue weighted by Gasteiger charge is -2.13. The van der Waals surface area contributed by atoms with E-state index in [9.17, 15) is 9.59 Å². The third kappa shape index (κ3) is 2.19. The largest absolute Gasteiger partial charge is 0.331 e. The van der Waals surface area contributed by atoms with Crippen LogP contribution in [0.3, 0.4) is 0 Å². The van der Waals surface area contributed by atoms with Gasteiger partial charge in [0, 0.05) is 24.3 Å².